The number of hydrogen-bond acceptors (Lipinski definition) is 9. The molecule has 5 N–H and O–H groups in total. The second kappa shape index (κ2) is 14.7. The first-order chi connectivity index (χ1) is 13.8. The Morgan fingerprint density at radius 3 is 1.70 bits per heavy atom. The quantitative estimate of drug-likeness (QED) is 0.212. The van der Waals surface area contributed by atoms with Gasteiger partial charge in [0.15, 0.2) is 0 Å². The minimum absolute atomic E-state index is 0. The van der Waals surface area contributed by atoms with Crippen LogP contribution < -0.4 is 15.5 Å². The van der Waals surface area contributed by atoms with Crippen molar-refractivity contribution in [3.05, 3.63) is 48.6 Å². The summed E-state index contributed by atoms with van der Waals surface area (Å²) in [5.41, 5.74) is 1.15. The van der Waals surface area contributed by atoms with E-state index in [1.54, 1.807) is 12.4 Å². The van der Waals surface area contributed by atoms with E-state index in [1.807, 2.05) is 0 Å². The van der Waals surface area contributed by atoms with E-state index in [2.05, 4.69) is 25.3 Å². The molecule has 0 aromatic carbocycles. The number of nitrogens with zero attached hydrogens (tertiary/aromatic N) is 2. The Labute approximate surface area is 181 Å². The van der Waals surface area contributed by atoms with Gasteiger partial charge < -0.3 is 45.3 Å². The molecule has 0 saturated carbocycles. The van der Waals surface area contributed by atoms with Gasteiger partial charge in [-0.3, -0.25) is 4.79 Å². The Bertz CT molecular complexity index is 767. The maximum Gasteiger partial charge on any atom is 2.00 e. The van der Waals surface area contributed by atoms with Gasteiger partial charge in [-0.15, -0.1) is 0 Å². The Hall–Kier alpha value is -3.25. The minimum Gasteiger partial charge on any atom is -0.545 e. The van der Waals surface area contributed by atoms with E-state index in [0.29, 0.717) is 24.4 Å². The van der Waals surface area contributed by atoms with Gasteiger partial charge in [0, 0.05) is 12.4 Å². The number of carboxylic acids is 3. The summed E-state index contributed by atoms with van der Waals surface area (Å²) in [5, 5.41) is 39.7. The van der Waals surface area contributed by atoms with Crippen LogP contribution in [0.5, 0.6) is 0 Å². The second-order valence-corrected chi connectivity index (χ2v) is 5.42. The van der Waals surface area contributed by atoms with Crippen LogP contribution in [0.2, 0.25) is 0 Å². The Morgan fingerprint density at radius 1 is 1.00 bits per heavy atom. The van der Waals surface area contributed by atoms with Crippen LogP contribution >= 0.6 is 0 Å². The van der Waals surface area contributed by atoms with E-state index in [9.17, 15) is 24.6 Å². The number of hydrogen-bond donors (Lipinski definition) is 5. The van der Waals surface area contributed by atoms with Crippen molar-refractivity contribution >= 4 is 47.1 Å². The third kappa shape index (κ3) is 11.6. The summed E-state index contributed by atoms with van der Waals surface area (Å²) in [6.45, 7) is 0.595. The van der Waals surface area contributed by atoms with Gasteiger partial charge in [0.2, 0.25) is 0 Å². The van der Waals surface area contributed by atoms with Crippen molar-refractivity contribution in [2.24, 2.45) is 0 Å². The van der Waals surface area contributed by atoms with Crippen molar-refractivity contribution in [1.29, 1.82) is 0 Å². The molecule has 0 spiro atoms. The number of rotatable bonds is 5. The van der Waals surface area contributed by atoms with Crippen molar-refractivity contribution in [1.82, 2.24) is 25.3 Å². The molecule has 3 heterocycles. The molecule has 1 aliphatic rings. The fourth-order valence-electron chi connectivity index (χ4n) is 1.97. The number of H-pyrrole nitrogens is 2. The van der Waals surface area contributed by atoms with Crippen molar-refractivity contribution in [2.75, 3.05) is 6.54 Å². The Balaban J connectivity index is 0.000000414. The van der Waals surface area contributed by atoms with Crippen molar-refractivity contribution in [2.45, 2.75) is 18.6 Å². The van der Waals surface area contributed by atoms with Gasteiger partial charge in [-0.25, -0.2) is 9.97 Å². The predicted molar refractivity (Wildman–Crippen MR) is 101 cm³/mol. The Kier molecular flexibility index (Phi) is 13.1. The van der Waals surface area contributed by atoms with Crippen molar-refractivity contribution < 1.29 is 34.8 Å². The molecule has 0 aliphatic carbocycles. The SMILES string of the molecule is O=C(O)[C@H]1NCCC1O.O=C([O-])C=Cc1c[nH]cn1.O=C([O-])C=Cc1c[nH]cn1.[Se+2]. The summed E-state index contributed by atoms with van der Waals surface area (Å²) >= 11 is 0. The zero-order chi connectivity index (χ0) is 21.6. The maximum absolute atomic E-state index is 10.2. The molecule has 1 fully saturated rings. The summed E-state index contributed by atoms with van der Waals surface area (Å²) in [6.07, 6.45) is 10.5. The van der Waals surface area contributed by atoms with E-state index in [1.165, 1.54) is 24.8 Å². The van der Waals surface area contributed by atoms with Crippen LogP contribution in [-0.2, 0) is 14.4 Å². The van der Waals surface area contributed by atoms with Gasteiger partial charge >= 0.3 is 23.0 Å². The molecule has 0 bridgehead atoms. The number of carbonyl (C=O) groups is 3. The van der Waals surface area contributed by atoms with Crippen molar-refractivity contribution in [3.8, 4) is 0 Å². The van der Waals surface area contributed by atoms with Crippen molar-refractivity contribution in [3.63, 3.8) is 0 Å². The standard InChI is InChI=1S/2C6H6N2O2.C5H9NO3.Se/c2*9-6(10)2-1-5-3-7-4-8-5;7-3-1-2-6-4(3)5(8)9;/h2*1-4H,(H,7,8)(H,9,10);3-4,6-7H,1-2H2,(H,8,9);/q;;;+2/p-2/t;;3?,4-;/m..0./s1. The summed E-state index contributed by atoms with van der Waals surface area (Å²) < 4.78 is 0. The number of aromatic amines is 2. The molecule has 30 heavy (non-hydrogen) atoms. The van der Waals surface area contributed by atoms with Crippen LogP contribution in [0.1, 0.15) is 17.8 Å². The molecule has 1 unspecified atom stereocenters. The molecular weight excluding hydrogens is 465 g/mol. The van der Waals surface area contributed by atoms with Gasteiger partial charge in [0.25, 0.3) is 0 Å². The average Bonchev–Trinajstić information content (AvgIpc) is 3.41. The third-order valence-corrected chi connectivity index (χ3v) is 3.27. The van der Waals surface area contributed by atoms with E-state index in [-0.39, 0.29) is 17.1 Å². The Morgan fingerprint density at radius 2 is 1.47 bits per heavy atom. The van der Waals surface area contributed by atoms with Crippen LogP contribution in [-0.4, -0.2) is 83.8 Å². The molecule has 1 saturated heterocycles. The zero-order valence-electron chi connectivity index (χ0n) is 15.4. The van der Waals surface area contributed by atoms with E-state index < -0.39 is 30.1 Å². The average molecular weight is 484 g/mol. The molecule has 3 rings (SSSR count). The molecule has 0 amide bonds. The molecule has 12 nitrogen and oxygen atoms in total. The number of nitrogens with one attached hydrogen (secondary N) is 3. The minimum atomic E-state index is -1.22. The fraction of sp³-hybridized carbons (Fsp3) is 0.235. The fourth-order valence-corrected chi connectivity index (χ4v) is 1.97. The number of aliphatic carboxylic acids is 3. The summed E-state index contributed by atoms with van der Waals surface area (Å²) in [7, 11) is 0. The van der Waals surface area contributed by atoms with Gasteiger partial charge in [-0.2, -0.15) is 0 Å². The molecule has 13 heteroatoms. The van der Waals surface area contributed by atoms with E-state index >= 15 is 0 Å². The van der Waals surface area contributed by atoms with Gasteiger partial charge in [0.1, 0.15) is 6.04 Å². The molecule has 2 atom stereocenters. The van der Waals surface area contributed by atoms with Gasteiger partial charge in [-0.1, -0.05) is 0 Å². The number of aromatic nitrogens is 4. The monoisotopic (exact) mass is 485 g/mol. The van der Waals surface area contributed by atoms with Gasteiger partial charge in [0.05, 0.1) is 42.1 Å². The molecular formula is C17H19N5O7Se. The molecule has 2 aromatic rings. The first-order valence-electron chi connectivity index (χ1n) is 8.19. The normalized spacial score (nSPS) is 17.4. The number of carbonyl (C=O) groups excluding carboxylic acids is 2. The molecule has 2 aromatic heterocycles. The topological polar surface area (TPSA) is 207 Å². The first-order valence-corrected chi connectivity index (χ1v) is 8.19. The number of aliphatic hydroxyl groups is 1. The summed E-state index contributed by atoms with van der Waals surface area (Å²) in [5.74, 6) is -3.41. The van der Waals surface area contributed by atoms with E-state index in [0.717, 1.165) is 12.2 Å². The number of imidazole rings is 2. The molecule has 1 aliphatic heterocycles. The van der Waals surface area contributed by atoms with Gasteiger partial charge in [-0.05, 0) is 37.3 Å². The summed E-state index contributed by atoms with van der Waals surface area (Å²) in [6, 6.07) is -0.745. The summed E-state index contributed by atoms with van der Waals surface area (Å²) in [4.78, 5) is 42.8. The van der Waals surface area contributed by atoms with Crippen LogP contribution in [0, 0.1) is 0 Å². The van der Waals surface area contributed by atoms with Crippen LogP contribution in [0.25, 0.3) is 12.2 Å². The number of carboxylic acid groups (broad SMARTS) is 3. The maximum atomic E-state index is 10.2. The zero-order valence-corrected chi connectivity index (χ0v) is 17.1. The van der Waals surface area contributed by atoms with Crippen LogP contribution in [0.4, 0.5) is 0 Å². The first kappa shape index (κ1) is 26.7. The predicted octanol–water partition coefficient (Wildman–Crippen LogP) is -3.24. The molecule has 4 radical (unpaired) electrons. The number of aliphatic hydroxyl groups excluding tert-OH is 1. The smallest absolute Gasteiger partial charge is 0.545 e. The second-order valence-electron chi connectivity index (χ2n) is 5.42. The molecule has 160 valence electrons. The van der Waals surface area contributed by atoms with Crippen LogP contribution in [0.3, 0.4) is 0 Å². The largest absolute Gasteiger partial charge is 2.00 e. The third-order valence-electron chi connectivity index (χ3n) is 3.27. The van der Waals surface area contributed by atoms with E-state index in [4.69, 9.17) is 10.2 Å². The van der Waals surface area contributed by atoms with Crippen LogP contribution in [0.15, 0.2) is 37.2 Å².